The number of methoxy groups -OCH3 is 1. The maximum atomic E-state index is 12.0. The van der Waals surface area contributed by atoms with E-state index in [0.29, 0.717) is 35.2 Å². The Balaban J connectivity index is 1.52. The van der Waals surface area contributed by atoms with Gasteiger partial charge in [0, 0.05) is 18.6 Å². The number of rotatable bonds is 4. The van der Waals surface area contributed by atoms with Gasteiger partial charge in [-0.3, -0.25) is 4.90 Å². The molecule has 162 valence electrons. The second-order valence-electron chi connectivity index (χ2n) is 7.86. The Hall–Kier alpha value is -3.45. The number of aryl methyl sites for hydroxylation is 1. The highest BCUT2D eigenvalue weighted by Crippen LogP contribution is 2.28. The monoisotopic (exact) mass is 422 g/mol. The molecule has 0 spiro atoms. The molecule has 10 heteroatoms. The van der Waals surface area contributed by atoms with Crippen LogP contribution in [0.4, 0.5) is 27.8 Å². The van der Waals surface area contributed by atoms with Crippen LogP contribution in [0.3, 0.4) is 0 Å². The zero-order chi connectivity index (χ0) is 21.8. The molecule has 1 saturated carbocycles. The number of hydrogen-bond acceptors (Lipinski definition) is 9. The molecule has 31 heavy (non-hydrogen) atoms. The average Bonchev–Trinajstić information content (AvgIpc) is 2.80. The molecule has 0 atom stereocenters. The van der Waals surface area contributed by atoms with Crippen LogP contribution in [-0.4, -0.2) is 46.8 Å². The minimum absolute atomic E-state index is 0.260. The van der Waals surface area contributed by atoms with Crippen molar-refractivity contribution >= 4 is 29.1 Å². The zero-order valence-corrected chi connectivity index (χ0v) is 17.5. The molecule has 0 unspecified atom stereocenters. The molecule has 1 fully saturated rings. The second-order valence-corrected chi connectivity index (χ2v) is 7.86. The van der Waals surface area contributed by atoms with Crippen molar-refractivity contribution in [3.63, 3.8) is 0 Å². The molecule has 2 aromatic heterocycles. The van der Waals surface area contributed by atoms with Crippen LogP contribution in [0.2, 0.25) is 0 Å². The summed E-state index contributed by atoms with van der Waals surface area (Å²) in [5.41, 5.74) is 9.15. The summed E-state index contributed by atoms with van der Waals surface area (Å²) >= 11 is 0. The average molecular weight is 422 g/mol. The van der Waals surface area contributed by atoms with Crippen LogP contribution in [0, 0.1) is 11.3 Å². The number of nitrogens with one attached hydrogen (secondary N) is 2. The van der Waals surface area contributed by atoms with Gasteiger partial charge in [-0.2, -0.15) is 5.26 Å². The molecule has 1 aliphatic carbocycles. The number of fused-ring (bicyclic) bond motifs is 1. The third kappa shape index (κ3) is 4.67. The van der Waals surface area contributed by atoms with E-state index in [-0.39, 0.29) is 12.1 Å². The first-order valence-corrected chi connectivity index (χ1v) is 10.5. The number of carbonyl (C=O) groups is 1. The molecule has 1 amide bonds. The van der Waals surface area contributed by atoms with Crippen LogP contribution in [0.1, 0.15) is 43.5 Å². The van der Waals surface area contributed by atoms with Gasteiger partial charge in [-0.25, -0.2) is 19.7 Å². The molecule has 4 rings (SSSR count). The number of anilines is 4. The van der Waals surface area contributed by atoms with E-state index >= 15 is 0 Å². The van der Waals surface area contributed by atoms with Crippen LogP contribution in [0.15, 0.2) is 18.5 Å². The highest BCUT2D eigenvalue weighted by Gasteiger charge is 2.25. The second kappa shape index (κ2) is 9.14. The normalized spacial score (nSPS) is 20.4. The van der Waals surface area contributed by atoms with Crippen molar-refractivity contribution in [1.82, 2.24) is 15.0 Å². The molecule has 3 heterocycles. The predicted molar refractivity (Wildman–Crippen MR) is 116 cm³/mol. The van der Waals surface area contributed by atoms with E-state index in [9.17, 15) is 10.1 Å². The first kappa shape index (κ1) is 20.8. The summed E-state index contributed by atoms with van der Waals surface area (Å²) in [5.74, 6) is 0.409. The number of nitrogens with two attached hydrogens (primary N) is 1. The van der Waals surface area contributed by atoms with Gasteiger partial charge in [0.05, 0.1) is 42.3 Å². The van der Waals surface area contributed by atoms with Crippen molar-refractivity contribution in [3.8, 4) is 6.07 Å². The molecule has 0 saturated heterocycles. The summed E-state index contributed by atoms with van der Waals surface area (Å²) < 4.78 is 4.84. The van der Waals surface area contributed by atoms with E-state index in [1.807, 2.05) is 6.07 Å². The predicted octanol–water partition coefficient (Wildman–Crippen LogP) is 2.69. The third-order valence-corrected chi connectivity index (χ3v) is 5.71. The number of carbonyl (C=O) groups excluding carboxylic acids is 1. The van der Waals surface area contributed by atoms with Crippen molar-refractivity contribution in [3.05, 3.63) is 29.8 Å². The smallest absolute Gasteiger partial charge is 0.414 e. The standard InChI is InChI=1S/C21H26N8O2/c1-31-21(30)29-8-2-3-16-19(29)12-25-20(28-16)27-15-9-17(18(10-22)24-11-15)26-14-6-4-13(23)5-7-14/h9,11-14,26H,2-8,23H2,1H3,(H,25,27,28)/t13-,14+. The first-order chi connectivity index (χ1) is 15.1. The summed E-state index contributed by atoms with van der Waals surface area (Å²) in [7, 11) is 1.36. The van der Waals surface area contributed by atoms with Crippen molar-refractivity contribution in [2.24, 2.45) is 5.73 Å². The number of aromatic nitrogens is 3. The fourth-order valence-electron chi connectivity index (χ4n) is 4.05. The zero-order valence-electron chi connectivity index (χ0n) is 17.5. The van der Waals surface area contributed by atoms with Gasteiger partial charge in [0.15, 0.2) is 5.69 Å². The summed E-state index contributed by atoms with van der Waals surface area (Å²) in [6, 6.07) is 4.52. The Morgan fingerprint density at radius 3 is 2.84 bits per heavy atom. The quantitative estimate of drug-likeness (QED) is 0.677. The van der Waals surface area contributed by atoms with Crippen LogP contribution >= 0.6 is 0 Å². The Morgan fingerprint density at radius 1 is 1.29 bits per heavy atom. The van der Waals surface area contributed by atoms with E-state index in [2.05, 4.69) is 31.7 Å². The lowest BCUT2D eigenvalue weighted by Crippen LogP contribution is -2.35. The van der Waals surface area contributed by atoms with Gasteiger partial charge >= 0.3 is 6.09 Å². The van der Waals surface area contributed by atoms with Crippen molar-refractivity contribution in [2.75, 3.05) is 29.2 Å². The van der Waals surface area contributed by atoms with E-state index < -0.39 is 6.09 Å². The molecule has 10 nitrogen and oxygen atoms in total. The maximum Gasteiger partial charge on any atom is 0.414 e. The maximum absolute atomic E-state index is 12.0. The van der Waals surface area contributed by atoms with Crippen LogP contribution in [0.5, 0.6) is 0 Å². The van der Waals surface area contributed by atoms with Gasteiger partial charge in [0.2, 0.25) is 5.95 Å². The van der Waals surface area contributed by atoms with Gasteiger partial charge < -0.3 is 21.1 Å². The molecule has 2 aromatic rings. The number of amides is 1. The van der Waals surface area contributed by atoms with Gasteiger partial charge in [-0.15, -0.1) is 0 Å². The summed E-state index contributed by atoms with van der Waals surface area (Å²) in [6.45, 7) is 0.580. The highest BCUT2D eigenvalue weighted by atomic mass is 16.5. The SMILES string of the molecule is COC(=O)N1CCCc2nc(Nc3cnc(C#N)c(N[C@H]4CC[C@@H](N)CC4)c3)ncc21. The van der Waals surface area contributed by atoms with Crippen LogP contribution in [-0.2, 0) is 11.2 Å². The number of pyridine rings is 1. The Labute approximate surface area is 180 Å². The molecule has 0 bridgehead atoms. The fourth-order valence-corrected chi connectivity index (χ4v) is 4.05. The Bertz CT molecular complexity index is 997. The molecule has 0 aromatic carbocycles. The van der Waals surface area contributed by atoms with E-state index in [0.717, 1.165) is 44.2 Å². The van der Waals surface area contributed by atoms with Gasteiger partial charge in [0.1, 0.15) is 6.07 Å². The number of nitrogens with zero attached hydrogens (tertiary/aromatic N) is 5. The summed E-state index contributed by atoms with van der Waals surface area (Å²) in [6.07, 6.45) is 8.22. The summed E-state index contributed by atoms with van der Waals surface area (Å²) in [5, 5.41) is 16.0. The van der Waals surface area contributed by atoms with Crippen LogP contribution < -0.4 is 21.3 Å². The van der Waals surface area contributed by atoms with Crippen molar-refractivity contribution in [1.29, 1.82) is 5.26 Å². The largest absolute Gasteiger partial charge is 0.452 e. The molecule has 0 radical (unpaired) electrons. The molecule has 1 aliphatic heterocycles. The van der Waals surface area contributed by atoms with Gasteiger partial charge in [-0.1, -0.05) is 0 Å². The topological polar surface area (TPSA) is 142 Å². The molecule has 2 aliphatic rings. The lowest BCUT2D eigenvalue weighted by atomic mass is 9.91. The van der Waals surface area contributed by atoms with Crippen molar-refractivity contribution < 1.29 is 9.53 Å². The lowest BCUT2D eigenvalue weighted by molar-refractivity contribution is 0.178. The van der Waals surface area contributed by atoms with Gasteiger partial charge in [0.25, 0.3) is 0 Å². The number of nitriles is 1. The minimum atomic E-state index is -0.416. The van der Waals surface area contributed by atoms with Crippen LogP contribution in [0.25, 0.3) is 0 Å². The Kier molecular flexibility index (Phi) is 6.13. The Morgan fingerprint density at radius 2 is 2.10 bits per heavy atom. The van der Waals surface area contributed by atoms with E-state index in [1.54, 1.807) is 17.3 Å². The van der Waals surface area contributed by atoms with E-state index in [4.69, 9.17) is 10.5 Å². The van der Waals surface area contributed by atoms with Crippen molar-refractivity contribution in [2.45, 2.75) is 50.6 Å². The molecular formula is C21H26N8O2. The first-order valence-electron chi connectivity index (χ1n) is 10.5. The minimum Gasteiger partial charge on any atom is -0.452 e. The molecular weight excluding hydrogens is 396 g/mol. The van der Waals surface area contributed by atoms with E-state index in [1.165, 1.54) is 7.11 Å². The van der Waals surface area contributed by atoms with Gasteiger partial charge in [-0.05, 0) is 44.6 Å². The number of ether oxygens (including phenoxy) is 1. The molecule has 4 N–H and O–H groups in total. The number of hydrogen-bond donors (Lipinski definition) is 3. The lowest BCUT2D eigenvalue weighted by Gasteiger charge is -2.28. The highest BCUT2D eigenvalue weighted by molar-refractivity contribution is 5.88. The fraction of sp³-hybridized carbons (Fsp3) is 0.476. The third-order valence-electron chi connectivity index (χ3n) is 5.71. The summed E-state index contributed by atoms with van der Waals surface area (Å²) in [4.78, 5) is 26.7.